The summed E-state index contributed by atoms with van der Waals surface area (Å²) < 4.78 is 15.5. The van der Waals surface area contributed by atoms with Crippen molar-refractivity contribution in [2.75, 3.05) is 12.1 Å². The van der Waals surface area contributed by atoms with Gasteiger partial charge in [-0.1, -0.05) is 0 Å². The third kappa shape index (κ3) is 3.56. The second-order valence-corrected chi connectivity index (χ2v) is 6.05. The Balaban J connectivity index is 1.64. The van der Waals surface area contributed by atoms with Crippen LogP contribution in [0.1, 0.15) is 27.6 Å². The predicted molar refractivity (Wildman–Crippen MR) is 88.9 cm³/mol. The molecule has 0 radical (unpaired) electrons. The van der Waals surface area contributed by atoms with Crippen molar-refractivity contribution in [3.63, 3.8) is 0 Å². The molecule has 9 heteroatoms. The van der Waals surface area contributed by atoms with E-state index in [2.05, 4.69) is 5.32 Å². The van der Waals surface area contributed by atoms with Crippen LogP contribution in [-0.4, -0.2) is 30.7 Å². The van der Waals surface area contributed by atoms with Crippen molar-refractivity contribution in [2.24, 2.45) is 5.73 Å². The highest BCUT2D eigenvalue weighted by Gasteiger charge is 2.23. The molecule has 1 aromatic heterocycles. The number of nitrogens with two attached hydrogens (primary N) is 1. The molecule has 1 aliphatic heterocycles. The van der Waals surface area contributed by atoms with Crippen LogP contribution in [0.2, 0.25) is 0 Å². The van der Waals surface area contributed by atoms with Crippen LogP contribution in [0.15, 0.2) is 29.6 Å². The van der Waals surface area contributed by atoms with E-state index in [0.717, 1.165) is 11.3 Å². The molecule has 0 saturated heterocycles. The van der Waals surface area contributed by atoms with E-state index in [-0.39, 0.29) is 17.9 Å². The summed E-state index contributed by atoms with van der Waals surface area (Å²) in [5.41, 5.74) is 5.66. The van der Waals surface area contributed by atoms with Gasteiger partial charge in [0.25, 0.3) is 11.8 Å². The van der Waals surface area contributed by atoms with Crippen molar-refractivity contribution in [2.45, 2.75) is 13.0 Å². The average Bonchev–Trinajstić information content (AvgIpc) is 3.22. The number of hydrogen-bond acceptors (Lipinski definition) is 7. The van der Waals surface area contributed by atoms with Gasteiger partial charge < -0.3 is 25.3 Å². The zero-order valence-electron chi connectivity index (χ0n) is 13.1. The van der Waals surface area contributed by atoms with Gasteiger partial charge in [0, 0.05) is 0 Å². The van der Waals surface area contributed by atoms with Gasteiger partial charge in [0.05, 0.1) is 11.1 Å². The fourth-order valence-electron chi connectivity index (χ4n) is 2.12. The number of carbonyl (C=O) groups is 3. The van der Waals surface area contributed by atoms with Crippen molar-refractivity contribution in [3.05, 3.63) is 40.8 Å². The van der Waals surface area contributed by atoms with Crippen LogP contribution in [0.3, 0.4) is 0 Å². The number of ether oxygens (including phenoxy) is 3. The molecule has 0 bridgehead atoms. The lowest BCUT2D eigenvalue weighted by Gasteiger charge is -2.13. The maximum atomic E-state index is 12.2. The maximum absolute atomic E-state index is 12.2. The zero-order chi connectivity index (χ0) is 18.0. The summed E-state index contributed by atoms with van der Waals surface area (Å²) in [6.45, 7) is 1.52. The lowest BCUT2D eigenvalue weighted by atomic mass is 10.2. The minimum Gasteiger partial charge on any atom is -0.454 e. The Hall–Kier alpha value is -3.07. The van der Waals surface area contributed by atoms with Crippen LogP contribution in [0.25, 0.3) is 0 Å². The molecule has 25 heavy (non-hydrogen) atoms. The molecule has 1 aromatic carbocycles. The van der Waals surface area contributed by atoms with Crippen LogP contribution in [0.4, 0.5) is 5.00 Å². The number of amides is 2. The summed E-state index contributed by atoms with van der Waals surface area (Å²) in [6, 6.07) is 6.10. The van der Waals surface area contributed by atoms with Crippen molar-refractivity contribution in [1.29, 1.82) is 0 Å². The number of benzene rings is 1. The second kappa shape index (κ2) is 6.81. The van der Waals surface area contributed by atoms with E-state index in [4.69, 9.17) is 19.9 Å². The standard InChI is InChI=1S/C16H14N2O6S/c1-8(14(20)18-15-10(13(17)19)4-5-25-15)24-16(21)9-2-3-11-12(6-9)23-7-22-11/h2-6,8H,7H2,1H3,(H2,17,19)(H,18,20)/t8-/m1/s1. The Bertz CT molecular complexity index is 847. The number of primary amides is 1. The van der Waals surface area contributed by atoms with Crippen molar-refractivity contribution >= 4 is 34.1 Å². The molecule has 3 N–H and O–H groups in total. The fourth-order valence-corrected chi connectivity index (χ4v) is 2.91. The van der Waals surface area contributed by atoms with Gasteiger partial charge in [-0.3, -0.25) is 9.59 Å². The van der Waals surface area contributed by atoms with Gasteiger partial charge in [-0.15, -0.1) is 11.3 Å². The molecule has 0 spiro atoms. The van der Waals surface area contributed by atoms with E-state index in [0.29, 0.717) is 16.5 Å². The van der Waals surface area contributed by atoms with Crippen LogP contribution < -0.4 is 20.5 Å². The molecule has 130 valence electrons. The van der Waals surface area contributed by atoms with Crippen molar-refractivity contribution in [3.8, 4) is 11.5 Å². The minimum absolute atomic E-state index is 0.0929. The number of fused-ring (bicyclic) bond motifs is 1. The third-order valence-corrected chi connectivity index (χ3v) is 4.26. The molecule has 2 heterocycles. The van der Waals surface area contributed by atoms with Gasteiger partial charge in [0.1, 0.15) is 5.00 Å². The van der Waals surface area contributed by atoms with E-state index < -0.39 is 23.9 Å². The average molecular weight is 362 g/mol. The number of nitrogens with one attached hydrogen (secondary N) is 1. The predicted octanol–water partition coefficient (Wildman–Crippen LogP) is 1.76. The molecule has 3 rings (SSSR count). The van der Waals surface area contributed by atoms with E-state index in [9.17, 15) is 14.4 Å². The fraction of sp³-hybridized carbons (Fsp3) is 0.188. The number of hydrogen-bond donors (Lipinski definition) is 2. The van der Waals surface area contributed by atoms with E-state index in [1.54, 1.807) is 11.4 Å². The minimum atomic E-state index is -1.07. The number of carbonyl (C=O) groups excluding carboxylic acids is 3. The maximum Gasteiger partial charge on any atom is 0.339 e. The number of thiophene rings is 1. The van der Waals surface area contributed by atoms with E-state index in [1.165, 1.54) is 25.1 Å². The summed E-state index contributed by atoms with van der Waals surface area (Å²) in [6.07, 6.45) is -1.07. The van der Waals surface area contributed by atoms with Gasteiger partial charge in [0.15, 0.2) is 17.6 Å². The highest BCUT2D eigenvalue weighted by atomic mass is 32.1. The Kier molecular flexibility index (Phi) is 4.57. The smallest absolute Gasteiger partial charge is 0.339 e. The summed E-state index contributed by atoms with van der Waals surface area (Å²) >= 11 is 1.15. The number of anilines is 1. The van der Waals surface area contributed by atoms with Crippen LogP contribution in [0, 0.1) is 0 Å². The van der Waals surface area contributed by atoms with Gasteiger partial charge in [-0.25, -0.2) is 4.79 Å². The Morgan fingerprint density at radius 1 is 1.24 bits per heavy atom. The molecular formula is C16H14N2O6S. The lowest BCUT2D eigenvalue weighted by Crippen LogP contribution is -2.30. The summed E-state index contributed by atoms with van der Waals surface area (Å²) in [5.74, 6) is -0.918. The summed E-state index contributed by atoms with van der Waals surface area (Å²) in [4.78, 5) is 35.6. The van der Waals surface area contributed by atoms with Crippen LogP contribution >= 0.6 is 11.3 Å². The topological polar surface area (TPSA) is 117 Å². The highest BCUT2D eigenvalue weighted by Crippen LogP contribution is 2.32. The number of rotatable bonds is 5. The SMILES string of the molecule is C[C@@H](OC(=O)c1ccc2c(c1)OCO2)C(=O)Nc1sccc1C(N)=O. The van der Waals surface area contributed by atoms with Gasteiger partial charge in [-0.05, 0) is 36.6 Å². The normalized spacial score (nSPS) is 13.2. The molecule has 2 amide bonds. The van der Waals surface area contributed by atoms with Crippen LogP contribution in [0.5, 0.6) is 11.5 Å². The molecular weight excluding hydrogens is 348 g/mol. The molecule has 2 aromatic rings. The Labute approximate surface area is 146 Å². The first-order valence-electron chi connectivity index (χ1n) is 7.24. The lowest BCUT2D eigenvalue weighted by molar-refractivity contribution is -0.123. The highest BCUT2D eigenvalue weighted by molar-refractivity contribution is 7.14. The molecule has 1 aliphatic rings. The first kappa shape index (κ1) is 16.8. The zero-order valence-corrected chi connectivity index (χ0v) is 13.9. The van der Waals surface area contributed by atoms with Crippen LogP contribution in [-0.2, 0) is 9.53 Å². The van der Waals surface area contributed by atoms with Gasteiger partial charge in [0.2, 0.25) is 6.79 Å². The summed E-state index contributed by atoms with van der Waals surface area (Å²) in [7, 11) is 0. The Morgan fingerprint density at radius 2 is 2.00 bits per heavy atom. The molecule has 0 unspecified atom stereocenters. The van der Waals surface area contributed by atoms with Crippen molar-refractivity contribution in [1.82, 2.24) is 0 Å². The molecule has 0 fully saturated rings. The van der Waals surface area contributed by atoms with E-state index >= 15 is 0 Å². The van der Waals surface area contributed by atoms with Gasteiger partial charge in [-0.2, -0.15) is 0 Å². The summed E-state index contributed by atoms with van der Waals surface area (Å²) in [5, 5.41) is 4.46. The van der Waals surface area contributed by atoms with Gasteiger partial charge >= 0.3 is 5.97 Å². The first-order valence-corrected chi connectivity index (χ1v) is 8.12. The third-order valence-electron chi connectivity index (χ3n) is 3.43. The largest absolute Gasteiger partial charge is 0.454 e. The van der Waals surface area contributed by atoms with E-state index in [1.807, 2.05) is 0 Å². The molecule has 0 aliphatic carbocycles. The first-order chi connectivity index (χ1) is 12.0. The Morgan fingerprint density at radius 3 is 2.76 bits per heavy atom. The second-order valence-electron chi connectivity index (χ2n) is 5.13. The quantitative estimate of drug-likeness (QED) is 0.783. The molecule has 8 nitrogen and oxygen atoms in total. The molecule has 0 saturated carbocycles. The molecule has 1 atom stereocenters. The monoisotopic (exact) mass is 362 g/mol. The van der Waals surface area contributed by atoms with Crippen molar-refractivity contribution < 1.29 is 28.6 Å². The number of esters is 1.